The SMILES string of the molecule is CC1(C)CC(=O)[C@H](Sc2ccc([N+](=O)[O-])cc2)[C@H](O)C1. The van der Waals surface area contributed by atoms with Crippen molar-refractivity contribution in [1.82, 2.24) is 0 Å². The fourth-order valence-corrected chi connectivity index (χ4v) is 3.52. The molecule has 6 heteroatoms. The van der Waals surface area contributed by atoms with Gasteiger partial charge in [-0.3, -0.25) is 14.9 Å². The largest absolute Gasteiger partial charge is 0.391 e. The van der Waals surface area contributed by atoms with Crippen LogP contribution in [0.25, 0.3) is 0 Å². The number of Topliss-reactive ketones (excluding diaryl/α,β-unsaturated/α-hetero) is 1. The van der Waals surface area contributed by atoms with Crippen molar-refractivity contribution in [1.29, 1.82) is 0 Å². The topological polar surface area (TPSA) is 80.4 Å². The summed E-state index contributed by atoms with van der Waals surface area (Å²) in [6.07, 6.45) is 0.365. The molecular formula is C14H17NO4S. The van der Waals surface area contributed by atoms with Crippen LogP contribution in [0, 0.1) is 15.5 Å². The van der Waals surface area contributed by atoms with Gasteiger partial charge in [0.2, 0.25) is 0 Å². The number of aliphatic hydroxyl groups is 1. The van der Waals surface area contributed by atoms with Gasteiger partial charge in [0.1, 0.15) is 5.78 Å². The number of benzene rings is 1. The van der Waals surface area contributed by atoms with Gasteiger partial charge in [-0.1, -0.05) is 13.8 Å². The van der Waals surface area contributed by atoms with Crippen molar-refractivity contribution in [2.45, 2.75) is 42.9 Å². The van der Waals surface area contributed by atoms with Gasteiger partial charge in [0.05, 0.1) is 16.3 Å². The average molecular weight is 295 g/mol. The molecule has 1 fully saturated rings. The molecule has 20 heavy (non-hydrogen) atoms. The molecule has 0 radical (unpaired) electrons. The summed E-state index contributed by atoms with van der Waals surface area (Å²) in [7, 11) is 0. The molecule has 0 aromatic heterocycles. The van der Waals surface area contributed by atoms with Gasteiger partial charge in [0.15, 0.2) is 0 Å². The van der Waals surface area contributed by atoms with E-state index in [0.29, 0.717) is 12.8 Å². The molecule has 2 rings (SSSR count). The number of ketones is 1. The van der Waals surface area contributed by atoms with Crippen LogP contribution < -0.4 is 0 Å². The Bertz CT molecular complexity index is 526. The first-order valence-electron chi connectivity index (χ1n) is 6.40. The summed E-state index contributed by atoms with van der Waals surface area (Å²) in [5, 5.41) is 20.2. The molecule has 5 nitrogen and oxygen atoms in total. The van der Waals surface area contributed by atoms with E-state index in [-0.39, 0.29) is 16.9 Å². The van der Waals surface area contributed by atoms with E-state index in [1.807, 2.05) is 13.8 Å². The summed E-state index contributed by atoms with van der Waals surface area (Å²) < 4.78 is 0. The van der Waals surface area contributed by atoms with Crippen LogP contribution in [0.3, 0.4) is 0 Å². The van der Waals surface area contributed by atoms with E-state index in [0.717, 1.165) is 4.90 Å². The van der Waals surface area contributed by atoms with Crippen molar-refractivity contribution in [3.05, 3.63) is 34.4 Å². The Hall–Kier alpha value is -1.40. The Morgan fingerprint density at radius 3 is 2.45 bits per heavy atom. The zero-order chi connectivity index (χ0) is 14.9. The van der Waals surface area contributed by atoms with E-state index in [4.69, 9.17) is 0 Å². The van der Waals surface area contributed by atoms with E-state index in [1.54, 1.807) is 12.1 Å². The number of carbonyl (C=O) groups is 1. The third kappa shape index (κ3) is 3.37. The number of aliphatic hydroxyl groups excluding tert-OH is 1. The van der Waals surface area contributed by atoms with E-state index < -0.39 is 16.3 Å². The number of non-ortho nitro benzene ring substituents is 1. The van der Waals surface area contributed by atoms with Crippen molar-refractivity contribution >= 4 is 23.2 Å². The van der Waals surface area contributed by atoms with Crippen LogP contribution in [-0.2, 0) is 4.79 Å². The molecule has 0 saturated heterocycles. The molecule has 0 aliphatic heterocycles. The lowest BCUT2D eigenvalue weighted by Gasteiger charge is -2.36. The first kappa shape index (κ1) is 15.0. The quantitative estimate of drug-likeness (QED) is 0.685. The van der Waals surface area contributed by atoms with Crippen molar-refractivity contribution in [2.24, 2.45) is 5.41 Å². The Morgan fingerprint density at radius 2 is 1.95 bits per heavy atom. The number of nitro benzene ring substituents is 1. The first-order chi connectivity index (χ1) is 9.28. The summed E-state index contributed by atoms with van der Waals surface area (Å²) in [6.45, 7) is 3.95. The summed E-state index contributed by atoms with van der Waals surface area (Å²) in [6, 6.07) is 6.04. The molecule has 108 valence electrons. The second-order valence-corrected chi connectivity index (χ2v) is 7.08. The summed E-state index contributed by atoms with van der Waals surface area (Å²) in [5.41, 5.74) is -0.144. The number of nitro groups is 1. The molecule has 1 saturated carbocycles. The predicted molar refractivity (Wildman–Crippen MR) is 76.8 cm³/mol. The van der Waals surface area contributed by atoms with E-state index >= 15 is 0 Å². The molecule has 0 heterocycles. The Kier molecular flexibility index (Phi) is 4.15. The van der Waals surface area contributed by atoms with Gasteiger partial charge in [-0.2, -0.15) is 0 Å². The maximum absolute atomic E-state index is 12.1. The second kappa shape index (κ2) is 5.54. The van der Waals surface area contributed by atoms with Crippen LogP contribution >= 0.6 is 11.8 Å². The maximum atomic E-state index is 12.1. The second-order valence-electron chi connectivity index (χ2n) is 5.87. The van der Waals surface area contributed by atoms with Crippen LogP contribution in [-0.4, -0.2) is 27.2 Å². The first-order valence-corrected chi connectivity index (χ1v) is 7.28. The average Bonchev–Trinajstić information content (AvgIpc) is 2.33. The Morgan fingerprint density at radius 1 is 1.35 bits per heavy atom. The zero-order valence-electron chi connectivity index (χ0n) is 11.4. The van der Waals surface area contributed by atoms with Crippen LogP contribution in [0.1, 0.15) is 26.7 Å². The van der Waals surface area contributed by atoms with Crippen molar-refractivity contribution < 1.29 is 14.8 Å². The highest BCUT2D eigenvalue weighted by molar-refractivity contribution is 8.00. The Balaban J connectivity index is 2.09. The van der Waals surface area contributed by atoms with Gasteiger partial charge in [-0.15, -0.1) is 11.8 Å². The van der Waals surface area contributed by atoms with Gasteiger partial charge in [0.25, 0.3) is 5.69 Å². The maximum Gasteiger partial charge on any atom is 0.269 e. The molecule has 0 bridgehead atoms. The van der Waals surface area contributed by atoms with Gasteiger partial charge >= 0.3 is 0 Å². The fourth-order valence-electron chi connectivity index (χ4n) is 2.47. The number of thioether (sulfide) groups is 1. The van der Waals surface area contributed by atoms with Crippen LogP contribution in [0.15, 0.2) is 29.2 Å². The molecule has 1 aliphatic rings. The van der Waals surface area contributed by atoms with E-state index in [1.165, 1.54) is 23.9 Å². The normalized spacial score (nSPS) is 25.4. The predicted octanol–water partition coefficient (Wildman–Crippen LogP) is 2.81. The van der Waals surface area contributed by atoms with E-state index in [9.17, 15) is 20.0 Å². The molecule has 1 aromatic rings. The summed E-state index contributed by atoms with van der Waals surface area (Å²) in [5.74, 6) is 0.0390. The third-order valence-electron chi connectivity index (χ3n) is 3.39. The molecule has 1 N–H and O–H groups in total. The van der Waals surface area contributed by atoms with Crippen LogP contribution in [0.2, 0.25) is 0 Å². The third-order valence-corrected chi connectivity index (χ3v) is 4.77. The zero-order valence-corrected chi connectivity index (χ0v) is 12.2. The van der Waals surface area contributed by atoms with Crippen molar-refractivity contribution in [2.75, 3.05) is 0 Å². The lowest BCUT2D eigenvalue weighted by atomic mass is 9.75. The minimum Gasteiger partial charge on any atom is -0.391 e. The lowest BCUT2D eigenvalue weighted by Crippen LogP contribution is -2.42. The van der Waals surface area contributed by atoms with Crippen molar-refractivity contribution in [3.8, 4) is 0 Å². The molecule has 0 spiro atoms. The number of hydrogen-bond donors (Lipinski definition) is 1. The van der Waals surface area contributed by atoms with Crippen LogP contribution in [0.5, 0.6) is 0 Å². The highest BCUT2D eigenvalue weighted by atomic mass is 32.2. The molecule has 2 atom stereocenters. The molecule has 0 unspecified atom stereocenters. The molecule has 0 amide bonds. The van der Waals surface area contributed by atoms with Crippen molar-refractivity contribution in [3.63, 3.8) is 0 Å². The number of hydrogen-bond acceptors (Lipinski definition) is 5. The van der Waals surface area contributed by atoms with Gasteiger partial charge < -0.3 is 5.11 Å². The number of rotatable bonds is 3. The standard InChI is InChI=1S/C14H17NO4S/c1-14(2)7-11(16)13(12(17)8-14)20-10-5-3-9(4-6-10)15(18)19/h3-6,11,13,16H,7-8H2,1-2H3/t11-,13-/m1/s1. The molecule has 1 aromatic carbocycles. The lowest BCUT2D eigenvalue weighted by molar-refractivity contribution is -0.384. The monoisotopic (exact) mass is 295 g/mol. The number of carbonyl (C=O) groups excluding carboxylic acids is 1. The molecule has 1 aliphatic carbocycles. The van der Waals surface area contributed by atoms with E-state index in [2.05, 4.69) is 0 Å². The number of nitrogens with zero attached hydrogens (tertiary/aromatic N) is 1. The minimum absolute atomic E-state index is 0.0194. The highest BCUT2D eigenvalue weighted by Gasteiger charge is 2.40. The highest BCUT2D eigenvalue weighted by Crippen LogP contribution is 2.40. The minimum atomic E-state index is -0.675. The smallest absolute Gasteiger partial charge is 0.269 e. The van der Waals surface area contributed by atoms with Gasteiger partial charge in [-0.05, 0) is 24.0 Å². The Labute approximate surface area is 121 Å². The summed E-state index contributed by atoms with van der Waals surface area (Å²) >= 11 is 1.28. The summed E-state index contributed by atoms with van der Waals surface area (Å²) in [4.78, 5) is 23.0. The van der Waals surface area contributed by atoms with Crippen LogP contribution in [0.4, 0.5) is 5.69 Å². The fraction of sp³-hybridized carbons (Fsp3) is 0.500. The van der Waals surface area contributed by atoms with Gasteiger partial charge in [-0.25, -0.2) is 0 Å². The van der Waals surface area contributed by atoms with Gasteiger partial charge in [0, 0.05) is 23.4 Å². The molecular weight excluding hydrogens is 278 g/mol.